The van der Waals surface area contributed by atoms with Gasteiger partial charge in [0.25, 0.3) is 0 Å². The van der Waals surface area contributed by atoms with Crippen LogP contribution in [-0.2, 0) is 9.47 Å². The first-order chi connectivity index (χ1) is 8.36. The second-order valence-electron chi connectivity index (χ2n) is 5.88. The normalized spacial score (nSPS) is 31.1. The molecule has 1 spiro atoms. The molecular formula is C14H25NO2. The summed E-state index contributed by atoms with van der Waals surface area (Å²) >= 11 is 0. The fraction of sp³-hybridized carbons (Fsp3) is 1.00. The summed E-state index contributed by atoms with van der Waals surface area (Å²) in [6, 6.07) is 1.49. The third-order valence-corrected chi connectivity index (χ3v) is 4.64. The average molecular weight is 239 g/mol. The Labute approximate surface area is 104 Å². The third-order valence-electron chi connectivity index (χ3n) is 4.64. The van der Waals surface area contributed by atoms with Crippen LogP contribution < -0.4 is 5.32 Å². The second kappa shape index (κ2) is 5.25. The Hall–Kier alpha value is -0.120. The highest BCUT2D eigenvalue weighted by Gasteiger charge is 2.40. The van der Waals surface area contributed by atoms with E-state index in [-0.39, 0.29) is 5.79 Å². The van der Waals surface area contributed by atoms with Crippen molar-refractivity contribution in [2.75, 3.05) is 13.2 Å². The lowest BCUT2D eigenvalue weighted by Crippen LogP contribution is -2.45. The molecule has 3 nitrogen and oxygen atoms in total. The van der Waals surface area contributed by atoms with Gasteiger partial charge in [-0.3, -0.25) is 0 Å². The van der Waals surface area contributed by atoms with Crippen molar-refractivity contribution in [3.8, 4) is 0 Å². The molecule has 0 radical (unpaired) electrons. The summed E-state index contributed by atoms with van der Waals surface area (Å²) in [5.41, 5.74) is 0. The van der Waals surface area contributed by atoms with E-state index in [2.05, 4.69) is 5.32 Å². The number of rotatable bonds is 2. The molecule has 3 heteroatoms. The van der Waals surface area contributed by atoms with E-state index in [0.29, 0.717) is 6.04 Å². The molecule has 0 atom stereocenters. The highest BCUT2D eigenvalue weighted by Crippen LogP contribution is 2.36. The largest absolute Gasteiger partial charge is 0.348 e. The summed E-state index contributed by atoms with van der Waals surface area (Å²) < 4.78 is 11.5. The minimum atomic E-state index is -0.190. The van der Waals surface area contributed by atoms with E-state index in [1.165, 1.54) is 44.9 Å². The molecule has 3 aliphatic rings. The van der Waals surface area contributed by atoms with Gasteiger partial charge < -0.3 is 14.8 Å². The van der Waals surface area contributed by atoms with Gasteiger partial charge in [-0.25, -0.2) is 0 Å². The van der Waals surface area contributed by atoms with Crippen molar-refractivity contribution in [2.24, 2.45) is 0 Å². The van der Waals surface area contributed by atoms with Crippen molar-refractivity contribution in [1.82, 2.24) is 5.32 Å². The smallest absolute Gasteiger partial charge is 0.168 e. The minimum Gasteiger partial charge on any atom is -0.348 e. The zero-order valence-corrected chi connectivity index (χ0v) is 10.7. The van der Waals surface area contributed by atoms with Crippen molar-refractivity contribution in [3.05, 3.63) is 0 Å². The number of ether oxygens (including phenoxy) is 2. The Morgan fingerprint density at radius 1 is 0.765 bits per heavy atom. The van der Waals surface area contributed by atoms with Crippen molar-refractivity contribution < 1.29 is 9.47 Å². The average Bonchev–Trinajstić information content (AvgIpc) is 2.83. The highest BCUT2D eigenvalue weighted by atomic mass is 16.7. The Morgan fingerprint density at radius 2 is 1.35 bits per heavy atom. The van der Waals surface area contributed by atoms with E-state index in [1.54, 1.807) is 0 Å². The van der Waals surface area contributed by atoms with Crippen molar-refractivity contribution in [3.63, 3.8) is 0 Å². The standard InChI is InChI=1S/C14H25NO2/c1-2-4-12(5-3-1)15-13-6-8-14(9-7-13)16-10-11-17-14/h12-13,15H,1-11H2. The number of nitrogens with one attached hydrogen (secondary N) is 1. The van der Waals surface area contributed by atoms with Crippen LogP contribution in [0.2, 0.25) is 0 Å². The second-order valence-corrected chi connectivity index (χ2v) is 5.88. The first-order valence-electron chi connectivity index (χ1n) is 7.40. The molecule has 1 saturated heterocycles. The van der Waals surface area contributed by atoms with Gasteiger partial charge in [0.2, 0.25) is 0 Å². The molecule has 1 N–H and O–H groups in total. The molecular weight excluding hydrogens is 214 g/mol. The zero-order valence-electron chi connectivity index (χ0n) is 10.7. The molecule has 0 aromatic heterocycles. The number of hydrogen-bond donors (Lipinski definition) is 1. The van der Waals surface area contributed by atoms with Crippen LogP contribution in [0, 0.1) is 0 Å². The van der Waals surface area contributed by atoms with Gasteiger partial charge in [-0.1, -0.05) is 19.3 Å². The lowest BCUT2D eigenvalue weighted by Gasteiger charge is -2.37. The quantitative estimate of drug-likeness (QED) is 0.803. The summed E-state index contributed by atoms with van der Waals surface area (Å²) in [5.74, 6) is -0.190. The molecule has 0 amide bonds. The highest BCUT2D eigenvalue weighted by molar-refractivity contribution is 4.87. The van der Waals surface area contributed by atoms with Gasteiger partial charge in [0.15, 0.2) is 5.79 Å². The maximum Gasteiger partial charge on any atom is 0.168 e. The predicted molar refractivity (Wildman–Crippen MR) is 66.9 cm³/mol. The van der Waals surface area contributed by atoms with E-state index in [1.807, 2.05) is 0 Å². The molecule has 0 bridgehead atoms. The summed E-state index contributed by atoms with van der Waals surface area (Å²) in [7, 11) is 0. The van der Waals surface area contributed by atoms with E-state index < -0.39 is 0 Å². The number of hydrogen-bond acceptors (Lipinski definition) is 3. The Morgan fingerprint density at radius 3 is 2.00 bits per heavy atom. The van der Waals surface area contributed by atoms with Gasteiger partial charge in [0, 0.05) is 24.9 Å². The lowest BCUT2D eigenvalue weighted by molar-refractivity contribution is -0.179. The monoisotopic (exact) mass is 239 g/mol. The molecule has 2 saturated carbocycles. The van der Waals surface area contributed by atoms with E-state index in [9.17, 15) is 0 Å². The Balaban J connectivity index is 1.44. The summed E-state index contributed by atoms with van der Waals surface area (Å²) in [6.45, 7) is 1.58. The molecule has 98 valence electrons. The Kier molecular flexibility index (Phi) is 3.69. The molecule has 2 aliphatic carbocycles. The SMILES string of the molecule is C1CCC(NC2CCC3(CC2)OCCO3)CC1. The van der Waals surface area contributed by atoms with Gasteiger partial charge in [-0.2, -0.15) is 0 Å². The molecule has 3 rings (SSSR count). The van der Waals surface area contributed by atoms with Crippen LogP contribution >= 0.6 is 0 Å². The molecule has 17 heavy (non-hydrogen) atoms. The zero-order chi connectivity index (χ0) is 11.6. The van der Waals surface area contributed by atoms with Gasteiger partial charge in [-0.05, 0) is 25.7 Å². The minimum absolute atomic E-state index is 0.190. The fourth-order valence-electron chi connectivity index (χ4n) is 3.61. The van der Waals surface area contributed by atoms with Crippen LogP contribution in [-0.4, -0.2) is 31.1 Å². The third kappa shape index (κ3) is 2.83. The van der Waals surface area contributed by atoms with Crippen LogP contribution in [0.1, 0.15) is 57.8 Å². The van der Waals surface area contributed by atoms with Crippen LogP contribution in [0.25, 0.3) is 0 Å². The molecule has 0 unspecified atom stereocenters. The van der Waals surface area contributed by atoms with Gasteiger partial charge >= 0.3 is 0 Å². The first-order valence-corrected chi connectivity index (χ1v) is 7.40. The molecule has 1 aliphatic heterocycles. The molecule has 0 aromatic rings. The van der Waals surface area contributed by atoms with Crippen LogP contribution in [0.15, 0.2) is 0 Å². The van der Waals surface area contributed by atoms with Crippen molar-refractivity contribution in [1.29, 1.82) is 0 Å². The van der Waals surface area contributed by atoms with Crippen LogP contribution in [0.4, 0.5) is 0 Å². The van der Waals surface area contributed by atoms with Gasteiger partial charge in [-0.15, -0.1) is 0 Å². The van der Waals surface area contributed by atoms with Crippen molar-refractivity contribution >= 4 is 0 Å². The van der Waals surface area contributed by atoms with E-state index in [4.69, 9.17) is 9.47 Å². The van der Waals surface area contributed by atoms with Crippen LogP contribution in [0.5, 0.6) is 0 Å². The first kappa shape index (κ1) is 11.9. The van der Waals surface area contributed by atoms with Gasteiger partial charge in [0.1, 0.15) is 0 Å². The maximum atomic E-state index is 5.77. The maximum absolute atomic E-state index is 5.77. The topological polar surface area (TPSA) is 30.5 Å². The summed E-state index contributed by atoms with van der Waals surface area (Å²) in [6.07, 6.45) is 11.6. The lowest BCUT2D eigenvalue weighted by atomic mass is 9.88. The van der Waals surface area contributed by atoms with Gasteiger partial charge in [0.05, 0.1) is 13.2 Å². The van der Waals surface area contributed by atoms with Crippen LogP contribution in [0.3, 0.4) is 0 Å². The predicted octanol–water partition coefficient (Wildman–Crippen LogP) is 2.59. The summed E-state index contributed by atoms with van der Waals surface area (Å²) in [4.78, 5) is 0. The van der Waals surface area contributed by atoms with E-state index >= 15 is 0 Å². The van der Waals surface area contributed by atoms with E-state index in [0.717, 1.165) is 32.1 Å². The molecule has 1 heterocycles. The molecule has 3 fully saturated rings. The molecule has 0 aromatic carbocycles. The Bertz CT molecular complexity index is 235. The summed E-state index contributed by atoms with van der Waals surface area (Å²) in [5, 5.41) is 3.85. The fourth-order valence-corrected chi connectivity index (χ4v) is 3.61. The van der Waals surface area contributed by atoms with Crippen molar-refractivity contribution in [2.45, 2.75) is 75.7 Å².